The Morgan fingerprint density at radius 1 is 1.24 bits per heavy atom. The van der Waals surface area contributed by atoms with Crippen LogP contribution in [0.4, 0.5) is 17.6 Å². The minimum absolute atomic E-state index is 0.363. The maximum absolute atomic E-state index is 13.3. The van der Waals surface area contributed by atoms with Gasteiger partial charge in [-0.25, -0.2) is 4.39 Å². The van der Waals surface area contributed by atoms with Crippen molar-refractivity contribution >= 4 is 0 Å². The Morgan fingerprint density at radius 2 is 1.94 bits per heavy atom. The van der Waals surface area contributed by atoms with Crippen LogP contribution in [0.3, 0.4) is 0 Å². The van der Waals surface area contributed by atoms with Gasteiger partial charge in [-0.1, -0.05) is 0 Å². The molecular formula is C12H13F4N. The molecule has 0 aliphatic carbocycles. The molecule has 1 atom stereocenters. The average molecular weight is 247 g/mol. The highest BCUT2D eigenvalue weighted by atomic mass is 19.4. The van der Waals surface area contributed by atoms with Gasteiger partial charge in [-0.3, -0.25) is 0 Å². The maximum atomic E-state index is 13.3. The summed E-state index contributed by atoms with van der Waals surface area (Å²) in [5.41, 5.74) is -1.12. The Bertz CT molecular complexity index is 419. The van der Waals surface area contributed by atoms with Crippen LogP contribution < -0.4 is 5.32 Å². The number of nitrogens with one attached hydrogen (secondary N) is 1. The number of rotatable bonds is 1. The van der Waals surface area contributed by atoms with E-state index in [1.807, 2.05) is 0 Å². The molecule has 1 aliphatic rings. The standard InChI is InChI=1S/C12H13F4N/c1-11(3-2-4-17-11)8-5-9(12(14,15)16)7-10(13)6-8/h5-7,17H,2-4H2,1H3. The Labute approximate surface area is 96.8 Å². The first-order chi connectivity index (χ1) is 7.81. The molecule has 0 aromatic heterocycles. The highest BCUT2D eigenvalue weighted by Gasteiger charge is 2.35. The fourth-order valence-corrected chi connectivity index (χ4v) is 2.21. The number of hydrogen-bond donors (Lipinski definition) is 1. The topological polar surface area (TPSA) is 12.0 Å². The third-order valence-corrected chi connectivity index (χ3v) is 3.23. The van der Waals surface area contributed by atoms with Gasteiger partial charge >= 0.3 is 6.18 Å². The summed E-state index contributed by atoms with van der Waals surface area (Å²) >= 11 is 0. The summed E-state index contributed by atoms with van der Waals surface area (Å²) in [6.07, 6.45) is -2.91. The van der Waals surface area contributed by atoms with Crippen LogP contribution in [0, 0.1) is 5.82 Å². The fraction of sp³-hybridized carbons (Fsp3) is 0.500. The van der Waals surface area contributed by atoms with E-state index in [1.165, 1.54) is 6.07 Å². The zero-order chi connectivity index (χ0) is 12.7. The molecule has 1 unspecified atom stereocenters. The van der Waals surface area contributed by atoms with E-state index in [-0.39, 0.29) is 0 Å². The van der Waals surface area contributed by atoms with Gasteiger partial charge in [-0.15, -0.1) is 0 Å². The number of halogens is 4. The summed E-state index contributed by atoms with van der Waals surface area (Å²) in [6.45, 7) is 2.54. The Kier molecular flexibility index (Phi) is 2.89. The molecule has 17 heavy (non-hydrogen) atoms. The summed E-state index contributed by atoms with van der Waals surface area (Å²) in [5, 5.41) is 3.12. The van der Waals surface area contributed by atoms with Crippen LogP contribution in [-0.4, -0.2) is 6.54 Å². The molecule has 1 heterocycles. The van der Waals surface area contributed by atoms with E-state index in [1.54, 1.807) is 6.92 Å². The first kappa shape index (κ1) is 12.4. The smallest absolute Gasteiger partial charge is 0.308 e. The van der Waals surface area contributed by atoms with Gasteiger partial charge in [0.2, 0.25) is 0 Å². The molecule has 0 spiro atoms. The number of alkyl halides is 3. The average Bonchev–Trinajstić information content (AvgIpc) is 2.64. The van der Waals surface area contributed by atoms with E-state index in [2.05, 4.69) is 5.32 Å². The largest absolute Gasteiger partial charge is 0.416 e. The van der Waals surface area contributed by atoms with Crippen LogP contribution in [0.15, 0.2) is 18.2 Å². The lowest BCUT2D eigenvalue weighted by atomic mass is 9.89. The van der Waals surface area contributed by atoms with Gasteiger partial charge in [0, 0.05) is 5.54 Å². The van der Waals surface area contributed by atoms with Crippen molar-refractivity contribution in [1.29, 1.82) is 0 Å². The number of benzene rings is 1. The first-order valence-electron chi connectivity index (χ1n) is 5.45. The molecule has 0 saturated carbocycles. The highest BCUT2D eigenvalue weighted by molar-refractivity contribution is 5.32. The minimum Gasteiger partial charge on any atom is -0.308 e. The Morgan fingerprint density at radius 3 is 2.47 bits per heavy atom. The quantitative estimate of drug-likeness (QED) is 0.749. The van der Waals surface area contributed by atoms with Crippen LogP contribution in [0.25, 0.3) is 0 Å². The van der Waals surface area contributed by atoms with Gasteiger partial charge in [0.1, 0.15) is 5.82 Å². The van der Waals surface area contributed by atoms with Crippen LogP contribution in [0.2, 0.25) is 0 Å². The van der Waals surface area contributed by atoms with E-state index in [4.69, 9.17) is 0 Å². The van der Waals surface area contributed by atoms with Gasteiger partial charge in [0.25, 0.3) is 0 Å². The lowest BCUT2D eigenvalue weighted by molar-refractivity contribution is -0.137. The monoisotopic (exact) mass is 247 g/mol. The molecule has 1 aliphatic heterocycles. The third-order valence-electron chi connectivity index (χ3n) is 3.23. The third kappa shape index (κ3) is 2.44. The summed E-state index contributed by atoms with van der Waals surface area (Å²) in [5.74, 6) is -0.843. The van der Waals surface area contributed by atoms with Gasteiger partial charge < -0.3 is 5.32 Å². The predicted molar refractivity (Wildman–Crippen MR) is 56.0 cm³/mol. The molecular weight excluding hydrogens is 234 g/mol. The second-order valence-electron chi connectivity index (χ2n) is 4.59. The SMILES string of the molecule is CC1(c2cc(F)cc(C(F)(F)F)c2)CCCN1. The van der Waals surface area contributed by atoms with E-state index in [9.17, 15) is 17.6 Å². The molecule has 1 N–H and O–H groups in total. The predicted octanol–water partition coefficient (Wildman–Crippen LogP) is 3.44. The van der Waals surface area contributed by atoms with E-state index < -0.39 is 23.1 Å². The van der Waals surface area contributed by atoms with Crippen molar-refractivity contribution in [2.45, 2.75) is 31.5 Å². The van der Waals surface area contributed by atoms with Crippen molar-refractivity contribution in [3.8, 4) is 0 Å². The van der Waals surface area contributed by atoms with Crippen molar-refractivity contribution in [3.05, 3.63) is 35.1 Å². The van der Waals surface area contributed by atoms with E-state index in [0.717, 1.165) is 19.0 Å². The van der Waals surface area contributed by atoms with E-state index in [0.29, 0.717) is 18.1 Å². The molecule has 0 radical (unpaired) electrons. The lowest BCUT2D eigenvalue weighted by Crippen LogP contribution is -2.33. The minimum atomic E-state index is -4.51. The van der Waals surface area contributed by atoms with Crippen LogP contribution in [-0.2, 0) is 11.7 Å². The molecule has 5 heteroatoms. The summed E-state index contributed by atoms with van der Waals surface area (Å²) in [6, 6.07) is 2.73. The summed E-state index contributed by atoms with van der Waals surface area (Å²) in [7, 11) is 0. The van der Waals surface area contributed by atoms with Crippen molar-refractivity contribution in [2.24, 2.45) is 0 Å². The second kappa shape index (κ2) is 3.98. The molecule has 0 amide bonds. The number of hydrogen-bond acceptors (Lipinski definition) is 1. The van der Waals surface area contributed by atoms with Crippen LogP contribution in [0.1, 0.15) is 30.9 Å². The van der Waals surface area contributed by atoms with Crippen molar-refractivity contribution < 1.29 is 17.6 Å². The van der Waals surface area contributed by atoms with Crippen LogP contribution in [0.5, 0.6) is 0 Å². The Hall–Kier alpha value is -1.10. The van der Waals surface area contributed by atoms with Crippen molar-refractivity contribution in [1.82, 2.24) is 5.32 Å². The van der Waals surface area contributed by atoms with E-state index >= 15 is 0 Å². The summed E-state index contributed by atoms with van der Waals surface area (Å²) < 4.78 is 51.0. The zero-order valence-electron chi connectivity index (χ0n) is 9.37. The zero-order valence-corrected chi connectivity index (χ0v) is 9.37. The van der Waals surface area contributed by atoms with Crippen molar-refractivity contribution in [3.63, 3.8) is 0 Å². The Balaban J connectivity index is 2.45. The molecule has 94 valence electrons. The lowest BCUT2D eigenvalue weighted by Gasteiger charge is -2.26. The highest BCUT2D eigenvalue weighted by Crippen LogP contribution is 2.36. The van der Waals surface area contributed by atoms with Crippen LogP contribution >= 0.6 is 0 Å². The van der Waals surface area contributed by atoms with Gasteiger partial charge in [0.05, 0.1) is 5.56 Å². The maximum Gasteiger partial charge on any atom is 0.416 e. The van der Waals surface area contributed by atoms with Gasteiger partial charge in [0.15, 0.2) is 0 Å². The molecule has 1 fully saturated rings. The normalized spacial score (nSPS) is 25.2. The van der Waals surface area contributed by atoms with Gasteiger partial charge in [-0.05, 0) is 50.1 Å². The van der Waals surface area contributed by atoms with Gasteiger partial charge in [-0.2, -0.15) is 13.2 Å². The fourth-order valence-electron chi connectivity index (χ4n) is 2.21. The summed E-state index contributed by atoms with van der Waals surface area (Å²) in [4.78, 5) is 0. The molecule has 0 bridgehead atoms. The molecule has 1 saturated heterocycles. The molecule has 2 rings (SSSR count). The molecule has 1 nitrogen and oxygen atoms in total. The first-order valence-corrected chi connectivity index (χ1v) is 5.45. The molecule has 1 aromatic rings. The molecule has 1 aromatic carbocycles. The second-order valence-corrected chi connectivity index (χ2v) is 4.59. The van der Waals surface area contributed by atoms with Crippen molar-refractivity contribution in [2.75, 3.05) is 6.54 Å².